The number of ether oxygens (including phenoxy) is 3. The highest BCUT2D eigenvalue weighted by atomic mass is 16.5. The monoisotopic (exact) mass is 295 g/mol. The van der Waals surface area contributed by atoms with E-state index in [2.05, 4.69) is 5.32 Å². The van der Waals surface area contributed by atoms with E-state index in [1.807, 2.05) is 38.1 Å². The van der Waals surface area contributed by atoms with Crippen LogP contribution >= 0.6 is 0 Å². The van der Waals surface area contributed by atoms with Crippen molar-refractivity contribution in [2.75, 3.05) is 26.9 Å². The van der Waals surface area contributed by atoms with Gasteiger partial charge in [-0.15, -0.1) is 0 Å². The summed E-state index contributed by atoms with van der Waals surface area (Å²) in [5.74, 6) is 1.12. The average Bonchev–Trinajstić information content (AvgIpc) is 2.49. The predicted octanol–water partition coefficient (Wildman–Crippen LogP) is 2.40. The highest BCUT2D eigenvalue weighted by Crippen LogP contribution is 2.27. The Morgan fingerprint density at radius 2 is 1.76 bits per heavy atom. The highest BCUT2D eigenvalue weighted by molar-refractivity contribution is 5.80. The van der Waals surface area contributed by atoms with Crippen LogP contribution in [-0.4, -0.2) is 38.4 Å². The number of carbonyl (C=O) groups is 1. The van der Waals surface area contributed by atoms with E-state index in [9.17, 15) is 4.79 Å². The van der Waals surface area contributed by atoms with Crippen LogP contribution in [0.3, 0.4) is 0 Å². The lowest BCUT2D eigenvalue weighted by Gasteiger charge is -2.26. The quantitative estimate of drug-likeness (QED) is 0.709. The van der Waals surface area contributed by atoms with E-state index in [4.69, 9.17) is 14.2 Å². The summed E-state index contributed by atoms with van der Waals surface area (Å²) in [6.45, 7) is 6.86. The Morgan fingerprint density at radius 1 is 1.14 bits per heavy atom. The molecule has 1 aromatic carbocycles. The van der Waals surface area contributed by atoms with Crippen molar-refractivity contribution in [1.82, 2.24) is 5.32 Å². The van der Waals surface area contributed by atoms with Gasteiger partial charge >= 0.3 is 5.97 Å². The molecule has 0 saturated heterocycles. The molecule has 1 aromatic rings. The first-order valence-electron chi connectivity index (χ1n) is 7.28. The van der Waals surface area contributed by atoms with Crippen molar-refractivity contribution in [3.8, 4) is 11.5 Å². The van der Waals surface area contributed by atoms with Crippen LogP contribution in [0.4, 0.5) is 0 Å². The van der Waals surface area contributed by atoms with Crippen molar-refractivity contribution >= 4 is 5.97 Å². The molecule has 0 amide bonds. The Kier molecular flexibility index (Phi) is 7.02. The minimum atomic E-state index is -0.753. The third-order valence-electron chi connectivity index (χ3n) is 3.29. The number of rotatable bonds is 9. The van der Waals surface area contributed by atoms with Crippen LogP contribution in [0.25, 0.3) is 0 Å². The van der Waals surface area contributed by atoms with E-state index in [0.29, 0.717) is 37.7 Å². The van der Waals surface area contributed by atoms with Gasteiger partial charge in [-0.2, -0.15) is 0 Å². The average molecular weight is 295 g/mol. The molecule has 0 aliphatic carbocycles. The zero-order valence-corrected chi connectivity index (χ0v) is 13.3. The van der Waals surface area contributed by atoms with Gasteiger partial charge < -0.3 is 19.5 Å². The van der Waals surface area contributed by atoms with Crippen LogP contribution in [0.1, 0.15) is 27.2 Å². The number of carbonyl (C=O) groups excluding carboxylic acids is 1. The van der Waals surface area contributed by atoms with Gasteiger partial charge in [0.25, 0.3) is 0 Å². The van der Waals surface area contributed by atoms with E-state index >= 15 is 0 Å². The molecule has 1 atom stereocenters. The lowest BCUT2D eigenvalue weighted by atomic mass is 9.99. The number of likely N-dealkylation sites (N-methyl/N-ethyl adjacent to an activating group) is 1. The Morgan fingerprint density at radius 3 is 2.29 bits per heavy atom. The number of benzene rings is 1. The predicted molar refractivity (Wildman–Crippen MR) is 81.8 cm³/mol. The van der Waals surface area contributed by atoms with Crippen molar-refractivity contribution in [3.63, 3.8) is 0 Å². The minimum absolute atomic E-state index is 0.269. The molecule has 1 N–H and O–H groups in total. The third-order valence-corrected chi connectivity index (χ3v) is 3.29. The molecule has 118 valence electrons. The van der Waals surface area contributed by atoms with Gasteiger partial charge in [0.1, 0.15) is 5.54 Å². The highest BCUT2D eigenvalue weighted by Gasteiger charge is 2.32. The maximum Gasteiger partial charge on any atom is 0.326 e. The van der Waals surface area contributed by atoms with Crippen LogP contribution in [0, 0.1) is 0 Å². The van der Waals surface area contributed by atoms with Crippen molar-refractivity contribution in [1.29, 1.82) is 0 Å². The molecule has 1 unspecified atom stereocenters. The molecular weight excluding hydrogens is 270 g/mol. The Hall–Kier alpha value is -1.75. The van der Waals surface area contributed by atoms with Crippen LogP contribution in [0.15, 0.2) is 24.3 Å². The summed E-state index contributed by atoms with van der Waals surface area (Å²) in [6, 6.07) is 7.50. The minimum Gasteiger partial charge on any atom is -0.490 e. The summed E-state index contributed by atoms with van der Waals surface area (Å²) in [5, 5.41) is 3.00. The molecule has 5 nitrogen and oxygen atoms in total. The van der Waals surface area contributed by atoms with Gasteiger partial charge in [0.2, 0.25) is 0 Å². The van der Waals surface area contributed by atoms with Crippen LogP contribution in [0.2, 0.25) is 0 Å². The fourth-order valence-corrected chi connectivity index (χ4v) is 1.83. The molecule has 0 saturated carbocycles. The lowest BCUT2D eigenvalue weighted by Crippen LogP contribution is -2.49. The van der Waals surface area contributed by atoms with Crippen LogP contribution in [-0.2, 0) is 9.53 Å². The topological polar surface area (TPSA) is 56.8 Å². The van der Waals surface area contributed by atoms with E-state index < -0.39 is 5.54 Å². The third kappa shape index (κ3) is 4.93. The molecule has 0 aliphatic heterocycles. The zero-order chi connectivity index (χ0) is 15.7. The second-order valence-electron chi connectivity index (χ2n) is 4.78. The summed E-state index contributed by atoms with van der Waals surface area (Å²) in [5.41, 5.74) is -0.753. The van der Waals surface area contributed by atoms with Gasteiger partial charge in [-0.25, -0.2) is 0 Å². The number of nitrogens with one attached hydrogen (secondary N) is 1. The summed E-state index contributed by atoms with van der Waals surface area (Å²) in [7, 11) is 1.74. The summed E-state index contributed by atoms with van der Waals surface area (Å²) < 4.78 is 16.3. The van der Waals surface area contributed by atoms with E-state index in [1.54, 1.807) is 14.0 Å². The Bertz CT molecular complexity index is 450. The lowest BCUT2D eigenvalue weighted by molar-refractivity contribution is -0.150. The fraction of sp³-hybridized carbons (Fsp3) is 0.562. The second-order valence-corrected chi connectivity index (χ2v) is 4.78. The summed E-state index contributed by atoms with van der Waals surface area (Å²) in [6.07, 6.45) is 0.503. The number of hydrogen-bond acceptors (Lipinski definition) is 5. The van der Waals surface area contributed by atoms with Gasteiger partial charge in [0.05, 0.1) is 19.8 Å². The number of hydrogen-bond donors (Lipinski definition) is 1. The van der Waals surface area contributed by atoms with Crippen LogP contribution < -0.4 is 14.8 Å². The van der Waals surface area contributed by atoms with Crippen molar-refractivity contribution < 1.29 is 19.0 Å². The standard InChI is InChI=1S/C16H25NO4/c1-5-19-13-9-7-8-10-14(13)21-12-11-16(3,17-4)15(18)20-6-2/h7-10,17H,5-6,11-12H2,1-4H3. The first-order chi connectivity index (χ1) is 10.1. The summed E-state index contributed by atoms with van der Waals surface area (Å²) >= 11 is 0. The Labute approximate surface area is 126 Å². The normalized spacial score (nSPS) is 13.3. The molecule has 0 aliphatic rings. The smallest absolute Gasteiger partial charge is 0.326 e. The molecule has 0 bridgehead atoms. The fourth-order valence-electron chi connectivity index (χ4n) is 1.83. The molecule has 1 rings (SSSR count). The van der Waals surface area contributed by atoms with Crippen molar-refractivity contribution in [3.05, 3.63) is 24.3 Å². The van der Waals surface area contributed by atoms with E-state index in [1.165, 1.54) is 0 Å². The molecule has 21 heavy (non-hydrogen) atoms. The summed E-state index contributed by atoms with van der Waals surface area (Å²) in [4.78, 5) is 11.9. The van der Waals surface area contributed by atoms with E-state index in [0.717, 1.165) is 0 Å². The Balaban J connectivity index is 2.61. The van der Waals surface area contributed by atoms with Gasteiger partial charge in [0.15, 0.2) is 11.5 Å². The number of para-hydroxylation sites is 2. The zero-order valence-electron chi connectivity index (χ0n) is 13.3. The maximum atomic E-state index is 11.9. The SMILES string of the molecule is CCOC(=O)C(C)(CCOc1ccccc1OCC)NC. The van der Waals surface area contributed by atoms with Crippen LogP contribution in [0.5, 0.6) is 11.5 Å². The molecule has 5 heteroatoms. The molecule has 0 heterocycles. The van der Waals surface area contributed by atoms with E-state index in [-0.39, 0.29) is 5.97 Å². The van der Waals surface area contributed by atoms with Crippen molar-refractivity contribution in [2.45, 2.75) is 32.7 Å². The molecule has 0 radical (unpaired) electrons. The first kappa shape index (κ1) is 17.3. The molecule has 0 aromatic heterocycles. The van der Waals surface area contributed by atoms with Gasteiger partial charge in [-0.3, -0.25) is 4.79 Å². The van der Waals surface area contributed by atoms with Crippen molar-refractivity contribution in [2.24, 2.45) is 0 Å². The molecular formula is C16H25NO4. The van der Waals surface area contributed by atoms with Gasteiger partial charge in [0, 0.05) is 6.42 Å². The maximum absolute atomic E-state index is 11.9. The molecule has 0 spiro atoms. The second kappa shape index (κ2) is 8.52. The van der Waals surface area contributed by atoms with Gasteiger partial charge in [-0.05, 0) is 40.0 Å². The van der Waals surface area contributed by atoms with Gasteiger partial charge in [-0.1, -0.05) is 12.1 Å². The first-order valence-corrected chi connectivity index (χ1v) is 7.28. The molecule has 0 fully saturated rings. The largest absolute Gasteiger partial charge is 0.490 e. The number of esters is 1.